The first-order valence-electron chi connectivity index (χ1n) is 20.5. The van der Waals surface area contributed by atoms with Crippen LogP contribution in [0.5, 0.6) is 0 Å². The lowest BCUT2D eigenvalue weighted by molar-refractivity contribution is -0.0468. The molecular formula is C42H78O3. The summed E-state index contributed by atoms with van der Waals surface area (Å²) in [5.41, 5.74) is 0. The molecular weight excluding hydrogens is 552 g/mol. The number of unbranched alkanes of at least 4 members (excludes halogenated alkanes) is 24. The molecule has 4 unspecified atom stereocenters. The third-order valence-corrected chi connectivity index (χ3v) is 9.90. The molecule has 0 aromatic rings. The number of allylic oxidation sites excluding steroid dienone is 4. The van der Waals surface area contributed by atoms with Gasteiger partial charge in [0.05, 0.1) is 25.4 Å². The highest BCUT2D eigenvalue weighted by Crippen LogP contribution is 2.29. The smallest absolute Gasteiger partial charge is 0.107 e. The van der Waals surface area contributed by atoms with Gasteiger partial charge >= 0.3 is 0 Å². The van der Waals surface area contributed by atoms with Crippen molar-refractivity contribution in [1.29, 1.82) is 0 Å². The number of hydrogen-bond acceptors (Lipinski definition) is 3. The first kappa shape index (κ1) is 40.5. The van der Waals surface area contributed by atoms with Gasteiger partial charge in [0.15, 0.2) is 0 Å². The van der Waals surface area contributed by atoms with E-state index in [4.69, 9.17) is 14.2 Å². The van der Waals surface area contributed by atoms with Gasteiger partial charge in [0.1, 0.15) is 12.2 Å². The molecule has 3 nitrogen and oxygen atoms in total. The lowest BCUT2D eigenvalue weighted by Crippen LogP contribution is -2.30. The van der Waals surface area contributed by atoms with Gasteiger partial charge in [-0.3, -0.25) is 0 Å². The topological polar surface area (TPSA) is 34.3 Å². The van der Waals surface area contributed by atoms with Crippen molar-refractivity contribution in [2.75, 3.05) is 13.2 Å². The minimum absolute atomic E-state index is 0.282. The SMILES string of the molecule is CCCCCCCC/C=C\CCCCCCCCC(OC(CCCCCCCC/C=C\CCCCCCCC)C1CO1)C1CO1. The normalized spacial score (nSPS) is 19.2. The monoisotopic (exact) mass is 631 g/mol. The standard InChI is InChI=1S/C42H78O3/c1-3-5-7-9-11-13-15-17-19-21-23-25-27-29-31-33-35-39(41-37-43-41)45-40(42-38-44-42)36-34-32-30-28-26-24-22-20-18-16-14-12-10-8-6-4-2/h17-20,39-42H,3-16,21-38H2,1-2H3/b19-17-,20-18-. The molecule has 264 valence electrons. The summed E-state index contributed by atoms with van der Waals surface area (Å²) in [6, 6.07) is 0. The highest BCUT2D eigenvalue weighted by Gasteiger charge is 2.40. The second kappa shape index (κ2) is 30.7. The Morgan fingerprint density at radius 1 is 0.422 bits per heavy atom. The van der Waals surface area contributed by atoms with Crippen molar-refractivity contribution in [2.45, 2.75) is 231 Å². The van der Waals surface area contributed by atoms with Crippen molar-refractivity contribution in [2.24, 2.45) is 0 Å². The van der Waals surface area contributed by atoms with Crippen LogP contribution in [0.4, 0.5) is 0 Å². The molecule has 0 amide bonds. The van der Waals surface area contributed by atoms with Crippen LogP contribution in [0, 0.1) is 0 Å². The zero-order valence-corrected chi connectivity index (χ0v) is 30.5. The fourth-order valence-corrected chi connectivity index (χ4v) is 6.63. The fraction of sp³-hybridized carbons (Fsp3) is 0.905. The van der Waals surface area contributed by atoms with Gasteiger partial charge < -0.3 is 14.2 Å². The van der Waals surface area contributed by atoms with Crippen LogP contribution in [0.15, 0.2) is 24.3 Å². The highest BCUT2D eigenvalue weighted by molar-refractivity contribution is 4.86. The Hall–Kier alpha value is -0.640. The Labute approximate surface area is 282 Å². The number of hydrogen-bond donors (Lipinski definition) is 0. The average Bonchev–Trinajstić information content (AvgIpc) is 3.97. The van der Waals surface area contributed by atoms with Gasteiger partial charge in [0.2, 0.25) is 0 Å². The van der Waals surface area contributed by atoms with Crippen molar-refractivity contribution in [3.8, 4) is 0 Å². The van der Waals surface area contributed by atoms with E-state index in [9.17, 15) is 0 Å². The van der Waals surface area contributed by atoms with E-state index in [0.29, 0.717) is 12.2 Å². The molecule has 3 heteroatoms. The van der Waals surface area contributed by atoms with Gasteiger partial charge in [-0.25, -0.2) is 0 Å². The van der Waals surface area contributed by atoms with Gasteiger partial charge in [-0.2, -0.15) is 0 Å². The van der Waals surface area contributed by atoms with Crippen molar-refractivity contribution in [3.05, 3.63) is 24.3 Å². The Morgan fingerprint density at radius 2 is 0.689 bits per heavy atom. The van der Waals surface area contributed by atoms with E-state index < -0.39 is 0 Å². The Balaban J connectivity index is 1.39. The molecule has 2 rings (SSSR count). The third kappa shape index (κ3) is 26.1. The molecule has 0 saturated carbocycles. The molecule has 0 N–H and O–H groups in total. The summed E-state index contributed by atoms with van der Waals surface area (Å²) in [6.07, 6.45) is 51.4. The van der Waals surface area contributed by atoms with E-state index in [2.05, 4.69) is 38.2 Å². The third-order valence-electron chi connectivity index (χ3n) is 9.90. The predicted molar refractivity (Wildman–Crippen MR) is 196 cm³/mol. The van der Waals surface area contributed by atoms with Gasteiger partial charge in [-0.05, 0) is 64.2 Å². The predicted octanol–water partition coefficient (Wildman–Crippen LogP) is 13.4. The van der Waals surface area contributed by atoms with E-state index in [1.165, 1.54) is 180 Å². The van der Waals surface area contributed by atoms with Crippen LogP contribution in [0.1, 0.15) is 206 Å². The summed E-state index contributed by atoms with van der Waals surface area (Å²) in [5.74, 6) is 0. The summed E-state index contributed by atoms with van der Waals surface area (Å²) in [4.78, 5) is 0. The van der Waals surface area contributed by atoms with Crippen molar-refractivity contribution in [1.82, 2.24) is 0 Å². The lowest BCUT2D eigenvalue weighted by Gasteiger charge is -2.23. The fourth-order valence-electron chi connectivity index (χ4n) is 6.63. The molecule has 0 spiro atoms. The summed E-state index contributed by atoms with van der Waals surface area (Å²) in [7, 11) is 0. The maximum Gasteiger partial charge on any atom is 0.107 e. The molecule has 0 bridgehead atoms. The molecule has 2 saturated heterocycles. The molecule has 0 aromatic carbocycles. The van der Waals surface area contributed by atoms with E-state index in [0.717, 1.165) is 26.1 Å². The second-order valence-corrected chi connectivity index (χ2v) is 14.4. The molecule has 2 heterocycles. The molecule has 0 aromatic heterocycles. The first-order chi connectivity index (χ1) is 22.3. The molecule has 0 radical (unpaired) electrons. The molecule has 2 aliphatic heterocycles. The quantitative estimate of drug-likeness (QED) is 0.0392. The van der Waals surface area contributed by atoms with Gasteiger partial charge in [0, 0.05) is 0 Å². The van der Waals surface area contributed by atoms with Gasteiger partial charge in [-0.1, -0.05) is 167 Å². The largest absolute Gasteiger partial charge is 0.370 e. The van der Waals surface area contributed by atoms with Crippen molar-refractivity contribution < 1.29 is 14.2 Å². The Bertz CT molecular complexity index is 609. The van der Waals surface area contributed by atoms with Crippen LogP contribution in [0.3, 0.4) is 0 Å². The summed E-state index contributed by atoms with van der Waals surface area (Å²) in [5, 5.41) is 0. The van der Waals surface area contributed by atoms with Gasteiger partial charge in [-0.15, -0.1) is 0 Å². The van der Waals surface area contributed by atoms with Crippen LogP contribution < -0.4 is 0 Å². The van der Waals surface area contributed by atoms with Gasteiger partial charge in [0.25, 0.3) is 0 Å². The zero-order chi connectivity index (χ0) is 31.9. The van der Waals surface area contributed by atoms with Crippen LogP contribution in [-0.2, 0) is 14.2 Å². The molecule has 2 fully saturated rings. The lowest BCUT2D eigenvalue weighted by atomic mass is 10.0. The van der Waals surface area contributed by atoms with E-state index in [1.54, 1.807) is 0 Å². The van der Waals surface area contributed by atoms with E-state index >= 15 is 0 Å². The second-order valence-electron chi connectivity index (χ2n) is 14.4. The number of epoxide rings is 2. The van der Waals surface area contributed by atoms with Crippen LogP contribution in [-0.4, -0.2) is 37.6 Å². The minimum atomic E-state index is 0.282. The number of rotatable bonds is 36. The molecule has 2 aliphatic rings. The van der Waals surface area contributed by atoms with E-state index in [-0.39, 0.29) is 12.2 Å². The summed E-state index contributed by atoms with van der Waals surface area (Å²) >= 11 is 0. The molecule has 45 heavy (non-hydrogen) atoms. The van der Waals surface area contributed by atoms with Crippen molar-refractivity contribution >= 4 is 0 Å². The maximum absolute atomic E-state index is 6.68. The zero-order valence-electron chi connectivity index (χ0n) is 30.5. The summed E-state index contributed by atoms with van der Waals surface area (Å²) < 4.78 is 18.1. The van der Waals surface area contributed by atoms with E-state index in [1.807, 2.05) is 0 Å². The van der Waals surface area contributed by atoms with Crippen molar-refractivity contribution in [3.63, 3.8) is 0 Å². The maximum atomic E-state index is 6.68. The Kier molecular flexibility index (Phi) is 27.6. The molecule has 0 aliphatic carbocycles. The van der Waals surface area contributed by atoms with Crippen LogP contribution in [0.2, 0.25) is 0 Å². The van der Waals surface area contributed by atoms with Crippen LogP contribution in [0.25, 0.3) is 0 Å². The number of ether oxygens (including phenoxy) is 3. The highest BCUT2D eigenvalue weighted by atomic mass is 16.6. The Morgan fingerprint density at radius 3 is 0.978 bits per heavy atom. The first-order valence-corrected chi connectivity index (χ1v) is 20.5. The molecule has 4 atom stereocenters. The minimum Gasteiger partial charge on any atom is -0.370 e. The summed E-state index contributed by atoms with van der Waals surface area (Å²) in [6.45, 7) is 6.37. The van der Waals surface area contributed by atoms with Crippen LogP contribution >= 0.6 is 0 Å². The average molecular weight is 631 g/mol.